The summed E-state index contributed by atoms with van der Waals surface area (Å²) in [6.07, 6.45) is 4.35. The summed E-state index contributed by atoms with van der Waals surface area (Å²) >= 11 is 1.56. The molecule has 0 spiro atoms. The molecular formula is C20H19N5O3S. The van der Waals surface area contributed by atoms with Gasteiger partial charge in [-0.3, -0.25) is 14.2 Å². The van der Waals surface area contributed by atoms with E-state index in [0.717, 1.165) is 35.7 Å². The van der Waals surface area contributed by atoms with Crippen LogP contribution in [0.4, 0.5) is 0 Å². The summed E-state index contributed by atoms with van der Waals surface area (Å²) in [5, 5.41) is 9.86. The number of carbonyl (C=O) groups excluding carboxylic acids is 1. The van der Waals surface area contributed by atoms with Gasteiger partial charge in [0.1, 0.15) is 17.7 Å². The minimum absolute atomic E-state index is 0.0113. The van der Waals surface area contributed by atoms with Gasteiger partial charge in [0.15, 0.2) is 5.16 Å². The number of carbonyl (C=O) groups is 1. The van der Waals surface area contributed by atoms with Gasteiger partial charge in [-0.05, 0) is 31.4 Å². The van der Waals surface area contributed by atoms with Gasteiger partial charge >= 0.3 is 0 Å². The van der Waals surface area contributed by atoms with Crippen LogP contribution in [0.25, 0.3) is 0 Å². The minimum Gasteiger partial charge on any atom is -0.470 e. The van der Waals surface area contributed by atoms with Crippen molar-refractivity contribution < 1.29 is 9.53 Å². The fraction of sp³-hybridized carbons (Fsp3) is 0.450. The lowest BCUT2D eigenvalue weighted by atomic mass is 10.1. The lowest BCUT2D eigenvalue weighted by molar-refractivity contribution is -0.140. The summed E-state index contributed by atoms with van der Waals surface area (Å²) in [6, 6.07) is 5.25. The van der Waals surface area contributed by atoms with Crippen LogP contribution in [0.1, 0.15) is 35.7 Å². The van der Waals surface area contributed by atoms with E-state index in [2.05, 4.69) is 16.0 Å². The standard InChI is InChI=1S/C20H19N5O3S/c21-8-12-3-2-6-22-18(12)28-14-9-24(10-14)17(26)7-13-11-29-20-23-16-5-1-4-15(16)19(27)25(13)20/h2-3,6,13-14H,1,4-5,7,9-11H2. The van der Waals surface area contributed by atoms with Gasteiger partial charge in [-0.25, -0.2) is 9.97 Å². The zero-order valence-corrected chi connectivity index (χ0v) is 16.5. The number of hydrogen-bond acceptors (Lipinski definition) is 7. The maximum Gasteiger partial charge on any atom is 0.257 e. The Labute approximate surface area is 171 Å². The molecule has 1 atom stereocenters. The molecule has 0 bridgehead atoms. The zero-order valence-electron chi connectivity index (χ0n) is 15.7. The zero-order chi connectivity index (χ0) is 20.0. The van der Waals surface area contributed by atoms with Crippen LogP contribution in [-0.2, 0) is 17.6 Å². The number of aryl methyl sites for hydroxylation is 1. The number of nitriles is 1. The van der Waals surface area contributed by atoms with Gasteiger partial charge in [-0.1, -0.05) is 11.8 Å². The van der Waals surface area contributed by atoms with Crippen LogP contribution in [0.15, 0.2) is 28.3 Å². The van der Waals surface area contributed by atoms with Crippen LogP contribution in [0, 0.1) is 11.3 Å². The number of thioether (sulfide) groups is 1. The molecular weight excluding hydrogens is 390 g/mol. The summed E-state index contributed by atoms with van der Waals surface area (Å²) in [5.41, 5.74) is 2.19. The maximum absolute atomic E-state index is 12.8. The monoisotopic (exact) mass is 409 g/mol. The largest absolute Gasteiger partial charge is 0.470 e. The molecule has 1 unspecified atom stereocenters. The maximum atomic E-state index is 12.8. The first-order chi connectivity index (χ1) is 14.1. The molecule has 0 saturated carbocycles. The molecule has 5 rings (SSSR count). The number of amides is 1. The van der Waals surface area contributed by atoms with E-state index in [1.807, 2.05) is 0 Å². The van der Waals surface area contributed by atoms with Gasteiger partial charge in [-0.2, -0.15) is 5.26 Å². The third-order valence-electron chi connectivity index (χ3n) is 5.65. The van der Waals surface area contributed by atoms with Crippen molar-refractivity contribution >= 4 is 17.7 Å². The van der Waals surface area contributed by atoms with Crippen LogP contribution in [0.3, 0.4) is 0 Å². The lowest BCUT2D eigenvalue weighted by Gasteiger charge is -2.39. The van der Waals surface area contributed by atoms with Gasteiger partial charge in [-0.15, -0.1) is 0 Å². The molecule has 3 aliphatic rings. The van der Waals surface area contributed by atoms with Crippen molar-refractivity contribution in [2.24, 2.45) is 0 Å². The Kier molecular flexibility index (Phi) is 4.51. The predicted octanol–water partition coefficient (Wildman–Crippen LogP) is 1.33. The third-order valence-corrected chi connectivity index (χ3v) is 6.75. The van der Waals surface area contributed by atoms with Crippen molar-refractivity contribution in [3.8, 4) is 11.9 Å². The second kappa shape index (κ2) is 7.19. The van der Waals surface area contributed by atoms with Crippen LogP contribution < -0.4 is 10.3 Å². The molecule has 1 aliphatic carbocycles. The number of rotatable bonds is 4. The predicted molar refractivity (Wildman–Crippen MR) is 105 cm³/mol. The highest BCUT2D eigenvalue weighted by Gasteiger charge is 2.36. The van der Waals surface area contributed by atoms with Crippen molar-refractivity contribution in [2.45, 2.75) is 43.0 Å². The molecule has 1 fully saturated rings. The molecule has 4 heterocycles. The van der Waals surface area contributed by atoms with Crippen LogP contribution in [0.5, 0.6) is 5.88 Å². The first-order valence-electron chi connectivity index (χ1n) is 9.70. The topological polar surface area (TPSA) is 101 Å². The van der Waals surface area contributed by atoms with Crippen molar-refractivity contribution in [2.75, 3.05) is 18.8 Å². The van der Waals surface area contributed by atoms with E-state index in [-0.39, 0.29) is 23.6 Å². The van der Waals surface area contributed by atoms with E-state index in [1.54, 1.807) is 39.6 Å². The second-order valence-corrected chi connectivity index (χ2v) is 8.51. The number of ether oxygens (including phenoxy) is 1. The van der Waals surface area contributed by atoms with E-state index in [0.29, 0.717) is 36.7 Å². The van der Waals surface area contributed by atoms with Crippen molar-refractivity contribution in [3.05, 3.63) is 45.5 Å². The molecule has 2 aromatic rings. The molecule has 0 aromatic carbocycles. The van der Waals surface area contributed by atoms with Crippen molar-refractivity contribution in [1.29, 1.82) is 5.26 Å². The number of nitrogens with zero attached hydrogens (tertiary/aromatic N) is 5. The van der Waals surface area contributed by atoms with Gasteiger partial charge in [0.2, 0.25) is 11.8 Å². The molecule has 9 heteroatoms. The van der Waals surface area contributed by atoms with Gasteiger partial charge in [0.05, 0.1) is 24.8 Å². The van der Waals surface area contributed by atoms with Gasteiger partial charge in [0, 0.05) is 23.9 Å². The Hall–Kier alpha value is -2.86. The second-order valence-electron chi connectivity index (χ2n) is 7.52. The molecule has 2 aliphatic heterocycles. The third kappa shape index (κ3) is 3.17. The van der Waals surface area contributed by atoms with E-state index in [1.165, 1.54) is 0 Å². The highest BCUT2D eigenvalue weighted by atomic mass is 32.2. The highest BCUT2D eigenvalue weighted by molar-refractivity contribution is 7.99. The number of hydrogen-bond donors (Lipinski definition) is 0. The molecule has 0 N–H and O–H groups in total. The molecule has 2 aromatic heterocycles. The highest BCUT2D eigenvalue weighted by Crippen LogP contribution is 2.34. The summed E-state index contributed by atoms with van der Waals surface area (Å²) < 4.78 is 7.48. The summed E-state index contributed by atoms with van der Waals surface area (Å²) in [6.45, 7) is 0.925. The SMILES string of the molecule is N#Cc1cccnc1OC1CN(C(=O)CC2CSc3nc4c(c(=O)n32)CCC4)C1. The van der Waals surface area contributed by atoms with Crippen molar-refractivity contribution in [1.82, 2.24) is 19.4 Å². The Bertz CT molecular complexity index is 1090. The van der Waals surface area contributed by atoms with E-state index >= 15 is 0 Å². The van der Waals surface area contributed by atoms with Crippen LogP contribution >= 0.6 is 11.8 Å². The number of aromatic nitrogens is 3. The molecule has 1 saturated heterocycles. The summed E-state index contributed by atoms with van der Waals surface area (Å²) in [5.74, 6) is 1.02. The van der Waals surface area contributed by atoms with Gasteiger partial charge in [0.25, 0.3) is 5.56 Å². The Morgan fingerprint density at radius 1 is 1.38 bits per heavy atom. The molecule has 0 radical (unpaired) electrons. The number of fused-ring (bicyclic) bond motifs is 2. The minimum atomic E-state index is -0.168. The van der Waals surface area contributed by atoms with Crippen LogP contribution in [-0.4, -0.2) is 50.3 Å². The van der Waals surface area contributed by atoms with E-state index in [4.69, 9.17) is 10.00 Å². The lowest BCUT2D eigenvalue weighted by Crippen LogP contribution is -2.56. The Morgan fingerprint density at radius 2 is 2.24 bits per heavy atom. The first-order valence-corrected chi connectivity index (χ1v) is 10.7. The number of likely N-dealkylation sites (tertiary alicyclic amines) is 1. The molecule has 29 heavy (non-hydrogen) atoms. The number of pyridine rings is 1. The van der Waals surface area contributed by atoms with Crippen LogP contribution in [0.2, 0.25) is 0 Å². The average molecular weight is 409 g/mol. The average Bonchev–Trinajstić information content (AvgIpc) is 3.32. The van der Waals surface area contributed by atoms with Gasteiger partial charge < -0.3 is 9.64 Å². The Morgan fingerprint density at radius 3 is 3.07 bits per heavy atom. The van der Waals surface area contributed by atoms with E-state index < -0.39 is 0 Å². The van der Waals surface area contributed by atoms with E-state index in [9.17, 15) is 9.59 Å². The quantitative estimate of drug-likeness (QED) is 0.702. The first kappa shape index (κ1) is 18.2. The molecule has 1 amide bonds. The molecule has 8 nitrogen and oxygen atoms in total. The van der Waals surface area contributed by atoms with Crippen molar-refractivity contribution in [3.63, 3.8) is 0 Å². The fourth-order valence-electron chi connectivity index (χ4n) is 4.08. The normalized spacial score (nSPS) is 20.0. The fourth-order valence-corrected chi connectivity index (χ4v) is 5.23. The molecule has 148 valence electrons. The smallest absolute Gasteiger partial charge is 0.257 e. The Balaban J connectivity index is 1.22. The summed E-state index contributed by atoms with van der Waals surface area (Å²) in [7, 11) is 0. The summed E-state index contributed by atoms with van der Waals surface area (Å²) in [4.78, 5) is 36.0.